The number of carbonyl (C=O) groups excluding carboxylic acids is 2. The molecule has 0 unspecified atom stereocenters. The Balaban J connectivity index is 1.36. The van der Waals surface area contributed by atoms with E-state index >= 15 is 0 Å². The van der Waals surface area contributed by atoms with E-state index in [1.807, 2.05) is 28.5 Å². The zero-order valence-electron chi connectivity index (χ0n) is 13.8. The predicted molar refractivity (Wildman–Crippen MR) is 98.4 cm³/mol. The Morgan fingerprint density at radius 2 is 2.12 bits per heavy atom. The third-order valence-electron chi connectivity index (χ3n) is 4.17. The van der Waals surface area contributed by atoms with Crippen molar-refractivity contribution >= 4 is 34.4 Å². The molecule has 2 aromatic rings. The first-order valence-corrected chi connectivity index (χ1v) is 9.17. The smallest absolute Gasteiger partial charge is 0.319 e. The summed E-state index contributed by atoms with van der Waals surface area (Å²) >= 11 is 1.49. The van der Waals surface area contributed by atoms with Gasteiger partial charge in [-0.2, -0.15) is 0 Å². The summed E-state index contributed by atoms with van der Waals surface area (Å²) < 4.78 is 5.18. The van der Waals surface area contributed by atoms with Gasteiger partial charge in [-0.25, -0.2) is 4.79 Å². The maximum atomic E-state index is 12.2. The first-order chi connectivity index (χ1) is 12.2. The van der Waals surface area contributed by atoms with Gasteiger partial charge in [-0.15, -0.1) is 11.3 Å². The normalized spacial score (nSPS) is 15.4. The van der Waals surface area contributed by atoms with Gasteiger partial charge in [-0.1, -0.05) is 0 Å². The number of anilines is 1. The van der Waals surface area contributed by atoms with Crippen molar-refractivity contribution in [3.8, 4) is 0 Å². The summed E-state index contributed by atoms with van der Waals surface area (Å²) in [5.41, 5.74) is 0. The molecule has 0 atom stereocenters. The molecule has 6 nitrogen and oxygen atoms in total. The van der Waals surface area contributed by atoms with Crippen LogP contribution >= 0.6 is 11.3 Å². The minimum atomic E-state index is -0.178. The molecule has 1 saturated heterocycles. The molecule has 2 N–H and O–H groups in total. The molecular weight excluding hydrogens is 338 g/mol. The highest BCUT2D eigenvalue weighted by Gasteiger charge is 2.22. The zero-order valence-corrected chi connectivity index (χ0v) is 14.6. The summed E-state index contributed by atoms with van der Waals surface area (Å²) in [6.07, 6.45) is 6.59. The highest BCUT2D eigenvalue weighted by atomic mass is 32.1. The summed E-state index contributed by atoms with van der Waals surface area (Å²) in [5.74, 6) is 1.06. The van der Waals surface area contributed by atoms with Crippen LogP contribution < -0.4 is 10.6 Å². The standard InChI is InChI=1S/C18H21N3O3S/c22-17(6-5-15-3-1-11-24-15)21-9-7-14(8-10-21)13-19-18(23)20-16-4-2-12-25-16/h1-6,11-12,14H,7-10,13H2,(H2,19,20,23). The van der Waals surface area contributed by atoms with E-state index in [2.05, 4.69) is 10.6 Å². The molecule has 7 heteroatoms. The van der Waals surface area contributed by atoms with Crippen LogP contribution in [-0.2, 0) is 4.79 Å². The van der Waals surface area contributed by atoms with Crippen LogP contribution in [0, 0.1) is 5.92 Å². The van der Waals surface area contributed by atoms with Gasteiger partial charge >= 0.3 is 6.03 Å². The van der Waals surface area contributed by atoms with Crippen molar-refractivity contribution < 1.29 is 14.0 Å². The number of likely N-dealkylation sites (tertiary alicyclic amines) is 1. The van der Waals surface area contributed by atoms with Crippen LogP contribution in [0.15, 0.2) is 46.4 Å². The zero-order chi connectivity index (χ0) is 17.5. The summed E-state index contributed by atoms with van der Waals surface area (Å²) in [5, 5.41) is 8.46. The summed E-state index contributed by atoms with van der Waals surface area (Å²) in [6.45, 7) is 2.04. The molecule has 2 aromatic heterocycles. The van der Waals surface area contributed by atoms with Crippen molar-refractivity contribution in [3.63, 3.8) is 0 Å². The van der Waals surface area contributed by atoms with E-state index in [4.69, 9.17) is 4.42 Å². The van der Waals surface area contributed by atoms with Crippen LogP contribution in [0.1, 0.15) is 18.6 Å². The van der Waals surface area contributed by atoms with E-state index in [1.54, 1.807) is 24.5 Å². The number of nitrogens with zero attached hydrogens (tertiary/aromatic N) is 1. The highest BCUT2D eigenvalue weighted by Crippen LogP contribution is 2.18. The lowest BCUT2D eigenvalue weighted by molar-refractivity contribution is -0.127. The maximum absolute atomic E-state index is 12.2. The number of furan rings is 1. The van der Waals surface area contributed by atoms with Gasteiger partial charge in [0.15, 0.2) is 0 Å². The lowest BCUT2D eigenvalue weighted by Gasteiger charge is -2.31. The van der Waals surface area contributed by atoms with Gasteiger partial charge < -0.3 is 14.6 Å². The lowest BCUT2D eigenvalue weighted by atomic mass is 9.97. The molecule has 132 valence electrons. The van der Waals surface area contributed by atoms with E-state index in [9.17, 15) is 9.59 Å². The van der Waals surface area contributed by atoms with Gasteiger partial charge in [0.2, 0.25) is 5.91 Å². The molecule has 3 heterocycles. The van der Waals surface area contributed by atoms with Crippen LogP contribution in [0.4, 0.5) is 9.80 Å². The van der Waals surface area contributed by atoms with Crippen molar-refractivity contribution in [1.29, 1.82) is 0 Å². The first kappa shape index (κ1) is 17.3. The van der Waals surface area contributed by atoms with Crippen molar-refractivity contribution in [2.24, 2.45) is 5.92 Å². The summed E-state index contributed by atoms with van der Waals surface area (Å²) in [4.78, 5) is 25.8. The maximum Gasteiger partial charge on any atom is 0.319 e. The molecule has 1 aliphatic rings. The Bertz CT molecular complexity index is 702. The molecule has 1 aliphatic heterocycles. The first-order valence-electron chi connectivity index (χ1n) is 8.29. The fourth-order valence-corrected chi connectivity index (χ4v) is 3.36. The van der Waals surface area contributed by atoms with E-state index in [-0.39, 0.29) is 11.9 Å². The molecule has 0 saturated carbocycles. The third kappa shape index (κ3) is 5.22. The lowest BCUT2D eigenvalue weighted by Crippen LogP contribution is -2.41. The van der Waals surface area contributed by atoms with Gasteiger partial charge in [0, 0.05) is 25.7 Å². The molecule has 0 radical (unpaired) electrons. The van der Waals surface area contributed by atoms with Gasteiger partial charge in [-0.3, -0.25) is 10.1 Å². The minimum absolute atomic E-state index is 0.00162. The van der Waals surface area contributed by atoms with Crippen molar-refractivity contribution in [2.45, 2.75) is 12.8 Å². The van der Waals surface area contributed by atoms with Crippen LogP contribution in [0.5, 0.6) is 0 Å². The molecular formula is C18H21N3O3S. The monoisotopic (exact) mass is 359 g/mol. The van der Waals surface area contributed by atoms with Gasteiger partial charge in [0.1, 0.15) is 5.76 Å². The molecule has 1 fully saturated rings. The number of urea groups is 1. The molecule has 3 amide bonds. The highest BCUT2D eigenvalue weighted by molar-refractivity contribution is 7.14. The van der Waals surface area contributed by atoms with Gasteiger partial charge in [0.05, 0.1) is 11.3 Å². The van der Waals surface area contributed by atoms with Crippen LogP contribution in [-0.4, -0.2) is 36.5 Å². The number of hydrogen-bond donors (Lipinski definition) is 2. The second-order valence-corrected chi connectivity index (χ2v) is 6.88. The van der Waals surface area contributed by atoms with Crippen molar-refractivity contribution in [3.05, 3.63) is 47.7 Å². The number of thiophene rings is 1. The fraction of sp³-hybridized carbons (Fsp3) is 0.333. The summed E-state index contributed by atoms with van der Waals surface area (Å²) in [6, 6.07) is 7.18. The largest absolute Gasteiger partial charge is 0.465 e. The number of amides is 3. The van der Waals surface area contributed by atoms with E-state index in [0.29, 0.717) is 31.3 Å². The topological polar surface area (TPSA) is 74.6 Å². The molecule has 0 spiro atoms. The second-order valence-electron chi connectivity index (χ2n) is 5.93. The number of hydrogen-bond acceptors (Lipinski definition) is 4. The van der Waals surface area contributed by atoms with Crippen LogP contribution in [0.2, 0.25) is 0 Å². The Morgan fingerprint density at radius 3 is 2.80 bits per heavy atom. The van der Waals surface area contributed by atoms with Crippen molar-refractivity contribution in [2.75, 3.05) is 25.0 Å². The molecule has 0 aromatic carbocycles. The van der Waals surface area contributed by atoms with Crippen LogP contribution in [0.3, 0.4) is 0 Å². The molecule has 0 aliphatic carbocycles. The molecule has 3 rings (SSSR count). The van der Waals surface area contributed by atoms with Gasteiger partial charge in [-0.05, 0) is 54.5 Å². The van der Waals surface area contributed by atoms with E-state index in [1.165, 1.54) is 11.3 Å². The third-order valence-corrected chi connectivity index (χ3v) is 4.95. The summed E-state index contributed by atoms with van der Waals surface area (Å²) in [7, 11) is 0. The number of piperidine rings is 1. The Hall–Kier alpha value is -2.54. The SMILES string of the molecule is O=C(NCC1CCN(C(=O)C=Cc2ccco2)CC1)Nc1cccs1. The van der Waals surface area contributed by atoms with E-state index in [0.717, 1.165) is 17.8 Å². The van der Waals surface area contributed by atoms with Crippen LogP contribution in [0.25, 0.3) is 6.08 Å². The number of carbonyl (C=O) groups is 2. The second kappa shape index (κ2) is 8.53. The fourth-order valence-electron chi connectivity index (χ4n) is 2.75. The average Bonchev–Trinajstić information content (AvgIpc) is 3.32. The predicted octanol–water partition coefficient (Wildman–Crippen LogP) is 3.41. The average molecular weight is 359 g/mol. The quantitative estimate of drug-likeness (QED) is 0.804. The number of nitrogens with one attached hydrogen (secondary N) is 2. The Labute approximate surface area is 150 Å². The molecule has 25 heavy (non-hydrogen) atoms. The molecule has 0 bridgehead atoms. The minimum Gasteiger partial charge on any atom is -0.465 e. The van der Waals surface area contributed by atoms with E-state index < -0.39 is 0 Å². The Morgan fingerprint density at radius 1 is 1.28 bits per heavy atom. The number of rotatable bonds is 5. The van der Waals surface area contributed by atoms with Gasteiger partial charge in [0.25, 0.3) is 0 Å². The Kier molecular flexibility index (Phi) is 5.90. The van der Waals surface area contributed by atoms with Crippen molar-refractivity contribution in [1.82, 2.24) is 10.2 Å².